The number of aromatic amines is 1. The molecule has 0 saturated carbocycles. The first-order valence-corrected chi connectivity index (χ1v) is 8.67. The highest BCUT2D eigenvalue weighted by Crippen LogP contribution is 2.16. The van der Waals surface area contributed by atoms with Crippen LogP contribution < -0.4 is 26.2 Å². The predicted octanol–water partition coefficient (Wildman–Crippen LogP) is 0.809. The fraction of sp³-hybridized carbons (Fsp3) is 0.263. The molecule has 1 aromatic carbocycles. The first-order chi connectivity index (χ1) is 12.5. The zero-order valence-corrected chi connectivity index (χ0v) is 14.9. The number of benzene rings is 1. The van der Waals surface area contributed by atoms with E-state index in [2.05, 4.69) is 29.2 Å². The van der Waals surface area contributed by atoms with Crippen molar-refractivity contribution in [1.82, 2.24) is 24.7 Å². The number of hydrogen-bond acceptors (Lipinski definition) is 3. The van der Waals surface area contributed by atoms with E-state index in [1.165, 1.54) is 21.0 Å². The van der Waals surface area contributed by atoms with Crippen molar-refractivity contribution in [2.75, 3.05) is 6.54 Å². The molecular formula is C19H20N5O2+. The van der Waals surface area contributed by atoms with E-state index in [1.807, 2.05) is 31.2 Å². The molecule has 0 aliphatic carbocycles. The quantitative estimate of drug-likeness (QED) is 0.686. The van der Waals surface area contributed by atoms with Gasteiger partial charge in [-0.25, -0.2) is 9.48 Å². The van der Waals surface area contributed by atoms with Gasteiger partial charge in [-0.05, 0) is 30.5 Å². The van der Waals surface area contributed by atoms with E-state index in [1.54, 1.807) is 6.20 Å². The second-order valence-corrected chi connectivity index (χ2v) is 6.62. The van der Waals surface area contributed by atoms with Crippen molar-refractivity contribution in [2.45, 2.75) is 26.7 Å². The molecule has 26 heavy (non-hydrogen) atoms. The van der Waals surface area contributed by atoms with Gasteiger partial charge in [0.2, 0.25) is 0 Å². The fourth-order valence-electron chi connectivity index (χ4n) is 3.10. The van der Waals surface area contributed by atoms with Crippen molar-refractivity contribution in [3.63, 3.8) is 0 Å². The molecule has 7 nitrogen and oxygen atoms in total. The zero-order chi connectivity index (χ0) is 18.4. The average molecular weight is 350 g/mol. The Balaban J connectivity index is 1.84. The molecule has 4 rings (SSSR count). The minimum absolute atomic E-state index is 0.155. The summed E-state index contributed by atoms with van der Waals surface area (Å²) in [5, 5.41) is 7.16. The highest BCUT2D eigenvalue weighted by Gasteiger charge is 2.24. The van der Waals surface area contributed by atoms with Gasteiger partial charge in [0.25, 0.3) is 11.0 Å². The average Bonchev–Trinajstić information content (AvgIpc) is 2.92. The van der Waals surface area contributed by atoms with E-state index in [4.69, 9.17) is 0 Å². The molecule has 2 aromatic heterocycles. The Hall–Kier alpha value is -3.22. The van der Waals surface area contributed by atoms with Gasteiger partial charge in [-0.1, -0.05) is 26.0 Å². The van der Waals surface area contributed by atoms with Crippen LogP contribution in [0.25, 0.3) is 22.8 Å². The Bertz CT molecular complexity index is 1200. The van der Waals surface area contributed by atoms with Crippen LogP contribution in [0.15, 0.2) is 35.3 Å². The van der Waals surface area contributed by atoms with Gasteiger partial charge in [-0.2, -0.15) is 4.58 Å². The molecule has 0 fully saturated rings. The van der Waals surface area contributed by atoms with E-state index >= 15 is 0 Å². The molecule has 0 bridgehead atoms. The monoisotopic (exact) mass is 350 g/mol. The molecule has 7 heteroatoms. The maximum Gasteiger partial charge on any atom is 0.441 e. The van der Waals surface area contributed by atoms with Gasteiger partial charge in [0.15, 0.2) is 0 Å². The Morgan fingerprint density at radius 3 is 2.69 bits per heavy atom. The number of rotatable bonds is 3. The van der Waals surface area contributed by atoms with E-state index < -0.39 is 0 Å². The second-order valence-electron chi connectivity index (χ2n) is 6.62. The highest BCUT2D eigenvalue weighted by molar-refractivity contribution is 5.85. The van der Waals surface area contributed by atoms with E-state index in [0.717, 1.165) is 10.9 Å². The van der Waals surface area contributed by atoms with Crippen LogP contribution >= 0.6 is 0 Å². The molecule has 132 valence electrons. The molecule has 3 aromatic rings. The molecule has 1 aliphatic heterocycles. The molecule has 0 saturated heterocycles. The van der Waals surface area contributed by atoms with Gasteiger partial charge in [0.1, 0.15) is 16.8 Å². The van der Waals surface area contributed by atoms with Crippen LogP contribution in [0.2, 0.25) is 0 Å². The Labute approximate surface area is 149 Å². The van der Waals surface area contributed by atoms with Crippen LogP contribution in [0, 0.1) is 0 Å². The van der Waals surface area contributed by atoms with Gasteiger partial charge in [0.05, 0.1) is 23.9 Å². The Kier molecular flexibility index (Phi) is 3.72. The molecule has 1 aliphatic rings. The van der Waals surface area contributed by atoms with Gasteiger partial charge >= 0.3 is 6.03 Å². The van der Waals surface area contributed by atoms with Crippen molar-refractivity contribution >= 4 is 23.1 Å². The minimum atomic E-state index is -0.224. The second kappa shape index (κ2) is 5.94. The molecule has 3 heterocycles. The number of aromatic nitrogens is 3. The fourth-order valence-corrected chi connectivity index (χ4v) is 3.10. The maximum absolute atomic E-state index is 12.7. The summed E-state index contributed by atoms with van der Waals surface area (Å²) >= 11 is 0. The largest absolute Gasteiger partial charge is 0.441 e. The summed E-state index contributed by atoms with van der Waals surface area (Å²) in [6.07, 6.45) is 3.21. The number of urea groups is 1. The van der Waals surface area contributed by atoms with Crippen molar-refractivity contribution in [3.05, 3.63) is 57.1 Å². The minimum Gasteiger partial charge on any atom is -0.289 e. The summed E-state index contributed by atoms with van der Waals surface area (Å²) < 4.78 is 2.96. The van der Waals surface area contributed by atoms with Gasteiger partial charge in [-0.15, -0.1) is 4.98 Å². The first kappa shape index (κ1) is 16.3. The summed E-state index contributed by atoms with van der Waals surface area (Å²) in [4.78, 5) is 29.0. The lowest BCUT2D eigenvalue weighted by Crippen LogP contribution is -2.54. The van der Waals surface area contributed by atoms with Crippen LogP contribution in [0.1, 0.15) is 32.3 Å². The molecule has 2 N–H and O–H groups in total. The molecule has 2 amide bonds. The van der Waals surface area contributed by atoms with Crippen LogP contribution in [-0.4, -0.2) is 27.3 Å². The highest BCUT2D eigenvalue weighted by atomic mass is 16.2. The van der Waals surface area contributed by atoms with Crippen molar-refractivity contribution in [1.29, 1.82) is 0 Å². The summed E-state index contributed by atoms with van der Waals surface area (Å²) in [5.41, 5.74) is 3.07. The normalized spacial score (nSPS) is 12.7. The Morgan fingerprint density at radius 2 is 2.04 bits per heavy atom. The predicted molar refractivity (Wildman–Crippen MR) is 99.8 cm³/mol. The zero-order valence-electron chi connectivity index (χ0n) is 14.9. The third-order valence-electron chi connectivity index (χ3n) is 4.60. The lowest BCUT2D eigenvalue weighted by Gasteiger charge is -2.07. The smallest absolute Gasteiger partial charge is 0.289 e. The van der Waals surface area contributed by atoms with Crippen LogP contribution in [0.4, 0.5) is 4.79 Å². The Morgan fingerprint density at radius 1 is 1.31 bits per heavy atom. The molecule has 0 radical (unpaired) electrons. The van der Waals surface area contributed by atoms with Gasteiger partial charge < -0.3 is 0 Å². The molecule has 0 spiro atoms. The van der Waals surface area contributed by atoms with Crippen molar-refractivity contribution in [3.8, 4) is 5.69 Å². The number of nitrogens with one attached hydrogen (secondary N) is 2. The topological polar surface area (TPSA) is 82.8 Å². The molecule has 0 unspecified atom stereocenters. The van der Waals surface area contributed by atoms with Crippen molar-refractivity contribution < 1.29 is 4.79 Å². The molecular weight excluding hydrogens is 330 g/mol. The standard InChI is InChI=1S/C19H19N5O2/c1-4-20-19(26)23-10-15-16-14(9-21-17(15)23)18(25)24(22-16)13-7-5-12(6-8-13)11(2)3/h5-11H,4H2,1-3H3,(H,20,26)/p+1. The van der Waals surface area contributed by atoms with E-state index in [0.29, 0.717) is 28.9 Å². The summed E-state index contributed by atoms with van der Waals surface area (Å²) in [6.45, 7) is 6.66. The number of pyridine rings is 1. The molecule has 0 atom stereocenters. The third-order valence-corrected chi connectivity index (χ3v) is 4.60. The lowest BCUT2D eigenvalue weighted by molar-refractivity contribution is 0.240. The van der Waals surface area contributed by atoms with Gasteiger partial charge in [0, 0.05) is 0 Å². The van der Waals surface area contributed by atoms with Crippen LogP contribution in [-0.2, 0) is 0 Å². The lowest BCUT2D eigenvalue weighted by atomic mass is 10.0. The number of carbonyl (C=O) groups excluding carboxylic acids is 1. The van der Waals surface area contributed by atoms with Gasteiger partial charge in [-0.3, -0.25) is 15.2 Å². The third kappa shape index (κ3) is 2.35. The van der Waals surface area contributed by atoms with Crippen LogP contribution in [0.3, 0.4) is 0 Å². The number of amides is 2. The number of carbonyl (C=O) groups is 1. The summed E-state index contributed by atoms with van der Waals surface area (Å²) in [6, 6.07) is 7.68. The summed E-state index contributed by atoms with van der Waals surface area (Å²) in [7, 11) is 0. The number of nitrogens with zero attached hydrogens (tertiary/aromatic N) is 3. The van der Waals surface area contributed by atoms with Crippen molar-refractivity contribution in [2.24, 2.45) is 0 Å². The van der Waals surface area contributed by atoms with E-state index in [9.17, 15) is 9.59 Å². The number of fused-ring (bicyclic) bond motifs is 3. The summed E-state index contributed by atoms with van der Waals surface area (Å²) in [5.74, 6) is 0.433. The maximum atomic E-state index is 12.7. The number of H-pyrrole nitrogens is 1. The van der Waals surface area contributed by atoms with Crippen LogP contribution in [0.5, 0.6) is 0 Å². The SMILES string of the molecule is CCNC(=O)[N+]1=c2ncc3c(=O)n(-c4ccc(C(C)C)cc4)[nH]c3c2=C1. The van der Waals surface area contributed by atoms with E-state index in [-0.39, 0.29) is 11.6 Å². The first-order valence-electron chi connectivity index (χ1n) is 8.67. The number of hydrogen-bond donors (Lipinski definition) is 2.